The molecule has 0 spiro atoms. The molecule has 2 aromatic carbocycles. The minimum atomic E-state index is -0.204. The number of aromatic nitrogens is 3. The molecule has 0 aliphatic rings. The van der Waals surface area contributed by atoms with Gasteiger partial charge in [0, 0.05) is 37.2 Å². The van der Waals surface area contributed by atoms with Crippen LogP contribution < -0.4 is 10.6 Å². The molecule has 0 saturated heterocycles. The molecule has 0 radical (unpaired) electrons. The fourth-order valence-corrected chi connectivity index (χ4v) is 3.26. The van der Waals surface area contributed by atoms with E-state index < -0.39 is 0 Å². The maximum Gasteiger partial charge on any atom is 0.315 e. The normalized spacial score (nSPS) is 10.5. The quantitative estimate of drug-likeness (QED) is 0.496. The molecule has 4 aromatic rings. The van der Waals surface area contributed by atoms with E-state index in [1.54, 1.807) is 17.1 Å². The second kappa shape index (κ2) is 9.52. The second-order valence-electron chi connectivity index (χ2n) is 6.86. The highest BCUT2D eigenvalue weighted by Gasteiger charge is 2.08. The Kier molecular flexibility index (Phi) is 6.15. The van der Waals surface area contributed by atoms with Crippen molar-refractivity contribution in [2.45, 2.75) is 13.0 Å². The number of benzene rings is 2. The van der Waals surface area contributed by atoms with E-state index in [2.05, 4.69) is 57.1 Å². The van der Waals surface area contributed by atoms with E-state index >= 15 is 0 Å². The number of hydrogen-bond donors (Lipinski definition) is 2. The highest BCUT2D eigenvalue weighted by molar-refractivity contribution is 5.74. The zero-order valence-corrected chi connectivity index (χ0v) is 16.5. The Morgan fingerprint density at radius 3 is 2.57 bits per heavy atom. The first-order valence-corrected chi connectivity index (χ1v) is 9.89. The summed E-state index contributed by atoms with van der Waals surface area (Å²) in [6, 6.07) is 24.1. The van der Waals surface area contributed by atoms with Crippen molar-refractivity contribution in [1.29, 1.82) is 0 Å². The fourth-order valence-electron chi connectivity index (χ4n) is 3.26. The summed E-state index contributed by atoms with van der Waals surface area (Å²) in [5, 5.41) is 10.0. The molecule has 6 heteroatoms. The molecular weight excluding hydrogens is 374 g/mol. The van der Waals surface area contributed by atoms with Crippen LogP contribution in [-0.4, -0.2) is 27.3 Å². The molecule has 0 bridgehead atoms. The summed E-state index contributed by atoms with van der Waals surface area (Å²) in [6.07, 6.45) is 6.00. The smallest absolute Gasteiger partial charge is 0.315 e. The molecule has 2 N–H and O–H groups in total. The van der Waals surface area contributed by atoms with Crippen molar-refractivity contribution in [3.8, 4) is 16.9 Å². The Morgan fingerprint density at radius 1 is 0.867 bits per heavy atom. The van der Waals surface area contributed by atoms with Gasteiger partial charge in [-0.15, -0.1) is 0 Å². The highest BCUT2D eigenvalue weighted by atomic mass is 16.2. The van der Waals surface area contributed by atoms with Crippen LogP contribution in [0.15, 0.2) is 91.4 Å². The van der Waals surface area contributed by atoms with Crippen LogP contribution in [0.5, 0.6) is 0 Å². The zero-order valence-electron chi connectivity index (χ0n) is 16.5. The Hall–Kier alpha value is -3.93. The van der Waals surface area contributed by atoms with E-state index in [-0.39, 0.29) is 6.03 Å². The summed E-state index contributed by atoms with van der Waals surface area (Å²) in [6.45, 7) is 0.932. The van der Waals surface area contributed by atoms with Crippen LogP contribution in [-0.2, 0) is 13.0 Å². The maximum absolute atomic E-state index is 12.2. The van der Waals surface area contributed by atoms with Gasteiger partial charge in [-0.2, -0.15) is 5.10 Å². The number of hydrogen-bond acceptors (Lipinski definition) is 3. The van der Waals surface area contributed by atoms with Crippen LogP contribution in [0.2, 0.25) is 0 Å². The Balaban J connectivity index is 1.29. The van der Waals surface area contributed by atoms with Crippen molar-refractivity contribution < 1.29 is 4.79 Å². The Labute approximate surface area is 175 Å². The van der Waals surface area contributed by atoms with Crippen LogP contribution in [0.1, 0.15) is 11.1 Å². The lowest BCUT2D eigenvalue weighted by atomic mass is 10.0. The van der Waals surface area contributed by atoms with E-state index in [1.807, 2.05) is 42.6 Å². The number of nitrogens with one attached hydrogen (secondary N) is 2. The van der Waals surface area contributed by atoms with Crippen molar-refractivity contribution in [3.05, 3.63) is 103 Å². The van der Waals surface area contributed by atoms with Crippen LogP contribution in [0.4, 0.5) is 4.79 Å². The molecule has 4 rings (SSSR count). The van der Waals surface area contributed by atoms with E-state index in [9.17, 15) is 4.79 Å². The Morgan fingerprint density at radius 2 is 1.73 bits per heavy atom. The summed E-state index contributed by atoms with van der Waals surface area (Å²) in [7, 11) is 0. The van der Waals surface area contributed by atoms with Gasteiger partial charge in [-0.3, -0.25) is 0 Å². The number of carbonyl (C=O) groups excluding carboxylic acids is 1. The third-order valence-corrected chi connectivity index (χ3v) is 4.76. The number of pyridine rings is 1. The standard InChI is InChI=1S/C24H23N5O/c30-24(27-18-22-11-5-13-25-23(22)29-16-6-14-28-29)26-15-12-19-7-4-10-21(17-19)20-8-2-1-3-9-20/h1-11,13-14,16-17H,12,15,18H2,(H2,26,27,30). The maximum atomic E-state index is 12.2. The summed E-state index contributed by atoms with van der Waals surface area (Å²) in [4.78, 5) is 16.6. The SMILES string of the molecule is O=C(NCCc1cccc(-c2ccccc2)c1)NCc1cccnc1-n1cccn1. The number of rotatable bonds is 7. The van der Waals surface area contributed by atoms with Gasteiger partial charge in [0.2, 0.25) is 0 Å². The molecule has 0 fully saturated rings. The molecule has 2 heterocycles. The number of amides is 2. The topological polar surface area (TPSA) is 71.8 Å². The third-order valence-electron chi connectivity index (χ3n) is 4.76. The predicted octanol–water partition coefficient (Wildman–Crippen LogP) is 3.98. The molecule has 0 atom stereocenters. The van der Waals surface area contributed by atoms with Crippen molar-refractivity contribution in [3.63, 3.8) is 0 Å². The van der Waals surface area contributed by atoms with Crippen molar-refractivity contribution in [2.24, 2.45) is 0 Å². The molecular formula is C24H23N5O. The average molecular weight is 397 g/mol. The second-order valence-corrected chi connectivity index (χ2v) is 6.86. The fraction of sp³-hybridized carbons (Fsp3) is 0.125. The van der Waals surface area contributed by atoms with Gasteiger partial charge in [-0.05, 0) is 35.2 Å². The molecule has 30 heavy (non-hydrogen) atoms. The molecule has 2 amide bonds. The first-order chi connectivity index (χ1) is 14.8. The van der Waals surface area contributed by atoms with Gasteiger partial charge in [0.15, 0.2) is 5.82 Å². The van der Waals surface area contributed by atoms with E-state index in [0.717, 1.165) is 12.0 Å². The van der Waals surface area contributed by atoms with Gasteiger partial charge >= 0.3 is 6.03 Å². The lowest BCUT2D eigenvalue weighted by molar-refractivity contribution is 0.240. The number of carbonyl (C=O) groups is 1. The molecule has 0 aliphatic heterocycles. The first-order valence-electron chi connectivity index (χ1n) is 9.89. The summed E-state index contributed by atoms with van der Waals surface area (Å²) >= 11 is 0. The van der Waals surface area contributed by atoms with E-state index in [4.69, 9.17) is 0 Å². The molecule has 0 saturated carbocycles. The van der Waals surface area contributed by atoms with Gasteiger partial charge in [-0.1, -0.05) is 60.7 Å². The highest BCUT2D eigenvalue weighted by Crippen LogP contribution is 2.20. The van der Waals surface area contributed by atoms with Gasteiger partial charge < -0.3 is 10.6 Å². The van der Waals surface area contributed by atoms with Gasteiger partial charge in [0.05, 0.1) is 0 Å². The molecule has 150 valence electrons. The number of nitrogens with zero attached hydrogens (tertiary/aromatic N) is 3. The monoisotopic (exact) mass is 397 g/mol. The van der Waals surface area contributed by atoms with E-state index in [1.165, 1.54) is 16.7 Å². The Bertz CT molecular complexity index is 1090. The first kappa shape index (κ1) is 19.4. The molecule has 0 aliphatic carbocycles. The van der Waals surface area contributed by atoms with Gasteiger partial charge in [0.25, 0.3) is 0 Å². The van der Waals surface area contributed by atoms with Crippen molar-refractivity contribution in [2.75, 3.05) is 6.54 Å². The molecule has 2 aromatic heterocycles. The number of urea groups is 1. The van der Waals surface area contributed by atoms with Crippen LogP contribution in [0.25, 0.3) is 16.9 Å². The summed E-state index contributed by atoms with van der Waals surface area (Å²) in [5.41, 5.74) is 4.45. The van der Waals surface area contributed by atoms with Crippen molar-refractivity contribution >= 4 is 6.03 Å². The largest absolute Gasteiger partial charge is 0.338 e. The summed E-state index contributed by atoms with van der Waals surface area (Å²) < 4.78 is 1.69. The van der Waals surface area contributed by atoms with Gasteiger partial charge in [0.1, 0.15) is 0 Å². The van der Waals surface area contributed by atoms with Crippen LogP contribution >= 0.6 is 0 Å². The van der Waals surface area contributed by atoms with Crippen molar-refractivity contribution in [1.82, 2.24) is 25.4 Å². The van der Waals surface area contributed by atoms with Crippen LogP contribution in [0, 0.1) is 0 Å². The third kappa shape index (κ3) is 4.91. The average Bonchev–Trinajstić information content (AvgIpc) is 3.34. The van der Waals surface area contributed by atoms with E-state index in [0.29, 0.717) is 18.9 Å². The minimum absolute atomic E-state index is 0.204. The van der Waals surface area contributed by atoms with Gasteiger partial charge in [-0.25, -0.2) is 14.5 Å². The lowest BCUT2D eigenvalue weighted by Crippen LogP contribution is -2.36. The van der Waals surface area contributed by atoms with Crippen LogP contribution in [0.3, 0.4) is 0 Å². The summed E-state index contributed by atoms with van der Waals surface area (Å²) in [5.74, 6) is 0.709. The molecule has 6 nitrogen and oxygen atoms in total. The zero-order chi connectivity index (χ0) is 20.6. The lowest BCUT2D eigenvalue weighted by Gasteiger charge is -2.11. The molecule has 0 unspecified atom stereocenters. The minimum Gasteiger partial charge on any atom is -0.338 e. The predicted molar refractivity (Wildman–Crippen MR) is 117 cm³/mol.